The third-order valence-electron chi connectivity index (χ3n) is 0.365. The summed E-state index contributed by atoms with van der Waals surface area (Å²) in [5, 5.41) is 0. The molecule has 0 bridgehead atoms. The van der Waals surface area contributed by atoms with Crippen LogP contribution in [0.4, 0.5) is 0 Å². The number of hydrogen-bond donors (Lipinski definition) is 0. The van der Waals surface area contributed by atoms with Gasteiger partial charge in [0, 0.05) is 14.1 Å². The van der Waals surface area contributed by atoms with Crippen molar-refractivity contribution in [3.8, 4) is 0 Å². The third-order valence-corrected chi connectivity index (χ3v) is 1.10. The van der Waals surface area contributed by atoms with Gasteiger partial charge in [0.2, 0.25) is 0 Å². The summed E-state index contributed by atoms with van der Waals surface area (Å²) in [6, 6.07) is 0. The molecule has 0 aromatic carbocycles. The zero-order valence-electron chi connectivity index (χ0n) is 4.07. The van der Waals surface area contributed by atoms with E-state index in [1.807, 2.05) is 14.1 Å². The summed E-state index contributed by atoms with van der Waals surface area (Å²) >= 11 is 9.12. The van der Waals surface area contributed by atoms with Gasteiger partial charge in [-0.25, -0.2) is 0 Å². The number of hydrogen-bond acceptors (Lipinski definition) is 2. The average molecular weight is 184 g/mol. The predicted octanol–water partition coefficient (Wildman–Crippen LogP) is 0.377. The quantitative estimate of drug-likeness (QED) is 0.304. The van der Waals surface area contributed by atoms with Crippen molar-refractivity contribution < 1.29 is 17.1 Å². The summed E-state index contributed by atoms with van der Waals surface area (Å²) in [6.45, 7) is 0. The zero-order valence-corrected chi connectivity index (χ0v) is 6.64. The van der Waals surface area contributed by atoms with E-state index < -0.39 is 0 Å². The molecule has 0 heterocycles. The second kappa shape index (κ2) is 4.78. The molecule has 0 spiro atoms. The fourth-order valence-corrected chi connectivity index (χ4v) is 0. The molecule has 0 aliphatic rings. The molecular weight excluding hydrogens is 178 g/mol. The van der Waals surface area contributed by atoms with Gasteiger partial charge in [0.05, 0.1) is 0 Å². The van der Waals surface area contributed by atoms with Crippen LogP contribution in [0.2, 0.25) is 0 Å². The first kappa shape index (κ1) is 10.6. The molecule has 0 fully saturated rings. The molecule has 0 aliphatic heterocycles. The second-order valence-electron chi connectivity index (χ2n) is 1.16. The topological polar surface area (TPSA) is 3.24 Å². The van der Waals surface area contributed by atoms with E-state index in [4.69, 9.17) is 0 Å². The average Bonchev–Trinajstić information content (AvgIpc) is 1.36. The Kier molecular flexibility index (Phi) is 7.23. The van der Waals surface area contributed by atoms with Crippen molar-refractivity contribution in [1.82, 2.24) is 4.90 Å². The van der Waals surface area contributed by atoms with Gasteiger partial charge in [-0.1, -0.05) is 4.32 Å². The van der Waals surface area contributed by atoms with Gasteiger partial charge >= 0.3 is 17.1 Å². The van der Waals surface area contributed by atoms with Crippen molar-refractivity contribution in [2.75, 3.05) is 14.1 Å². The van der Waals surface area contributed by atoms with Crippen molar-refractivity contribution >= 4 is 29.2 Å². The van der Waals surface area contributed by atoms with Crippen molar-refractivity contribution in [2.45, 2.75) is 0 Å². The molecule has 1 nitrogen and oxygen atoms in total. The van der Waals surface area contributed by atoms with Gasteiger partial charge in [0.25, 0.3) is 0 Å². The van der Waals surface area contributed by atoms with E-state index in [-0.39, 0.29) is 17.1 Å². The Hall–Kier alpha value is 0.629. The minimum atomic E-state index is 0. The maximum Gasteiger partial charge on any atom is 1.00 e. The second-order valence-corrected chi connectivity index (χ2v) is 2.19. The fourth-order valence-electron chi connectivity index (χ4n) is 0. The Balaban J connectivity index is 0. The van der Waals surface area contributed by atoms with E-state index in [1.54, 1.807) is 4.90 Å². The number of thiocarbonyl (C=S) groups is 1. The number of nitrogens with zero attached hydrogens (tertiary/aromatic N) is 1. The summed E-state index contributed by atoms with van der Waals surface area (Å²) in [4.78, 5) is 1.71. The van der Waals surface area contributed by atoms with Crippen LogP contribution in [-0.2, 0) is 29.7 Å². The monoisotopic (exact) mass is 183 g/mol. The largest absolute Gasteiger partial charge is 1.00 e. The van der Waals surface area contributed by atoms with Gasteiger partial charge in [-0.3, -0.25) is 0 Å². The molecule has 0 radical (unpaired) electrons. The molecular formula is C3H6CuNS2. The van der Waals surface area contributed by atoms with E-state index in [9.17, 15) is 0 Å². The summed E-state index contributed by atoms with van der Waals surface area (Å²) in [5.74, 6) is 0. The predicted molar refractivity (Wildman–Crippen MR) is 33.6 cm³/mol. The molecule has 4 heteroatoms. The summed E-state index contributed by atoms with van der Waals surface area (Å²) in [7, 11) is 3.66. The molecule has 0 unspecified atom stereocenters. The fraction of sp³-hybridized carbons (Fsp3) is 0.667. The molecule has 46 valence electrons. The standard InChI is InChI=1S/C3H7NS2.Cu/c1-4(2)3(5)6;/h1-2H3,(H,5,6);/q;+1/p-1. The van der Waals surface area contributed by atoms with Crippen molar-refractivity contribution in [3.05, 3.63) is 0 Å². The Morgan fingerprint density at radius 1 is 1.57 bits per heavy atom. The van der Waals surface area contributed by atoms with Crippen LogP contribution in [0.25, 0.3) is 0 Å². The van der Waals surface area contributed by atoms with Gasteiger partial charge in [-0.2, -0.15) is 0 Å². The molecule has 0 aliphatic carbocycles. The molecule has 0 aromatic heterocycles. The van der Waals surface area contributed by atoms with Crippen LogP contribution in [-0.4, -0.2) is 23.3 Å². The van der Waals surface area contributed by atoms with E-state index in [0.717, 1.165) is 0 Å². The molecule has 0 N–H and O–H groups in total. The zero-order chi connectivity index (χ0) is 5.15. The van der Waals surface area contributed by atoms with Crippen molar-refractivity contribution in [3.63, 3.8) is 0 Å². The molecule has 0 saturated carbocycles. The van der Waals surface area contributed by atoms with Crippen molar-refractivity contribution in [1.29, 1.82) is 0 Å². The maximum atomic E-state index is 4.56. The smallest absolute Gasteiger partial charge is 0.411 e. The van der Waals surface area contributed by atoms with Gasteiger partial charge in [-0.05, 0) is 0 Å². The SMILES string of the molecule is CN(C)C(=S)[S-].[Cu+]. The van der Waals surface area contributed by atoms with Gasteiger partial charge in [0.15, 0.2) is 0 Å². The van der Waals surface area contributed by atoms with Crippen LogP contribution in [0.5, 0.6) is 0 Å². The van der Waals surface area contributed by atoms with Crippen LogP contribution in [0.15, 0.2) is 0 Å². The summed E-state index contributed by atoms with van der Waals surface area (Å²) in [6.07, 6.45) is 0. The molecule has 0 amide bonds. The van der Waals surface area contributed by atoms with Crippen LogP contribution < -0.4 is 0 Å². The molecule has 0 atom stereocenters. The van der Waals surface area contributed by atoms with Crippen molar-refractivity contribution in [2.24, 2.45) is 0 Å². The van der Waals surface area contributed by atoms with E-state index in [0.29, 0.717) is 4.32 Å². The van der Waals surface area contributed by atoms with E-state index >= 15 is 0 Å². The summed E-state index contributed by atoms with van der Waals surface area (Å²) in [5.41, 5.74) is 0. The van der Waals surface area contributed by atoms with Gasteiger partial charge in [0.1, 0.15) is 0 Å². The molecule has 7 heavy (non-hydrogen) atoms. The Labute approximate surface area is 65.3 Å². The van der Waals surface area contributed by atoms with Gasteiger partial charge < -0.3 is 29.7 Å². The minimum absolute atomic E-state index is 0. The Bertz CT molecular complexity index is 64.0. The van der Waals surface area contributed by atoms with Crippen LogP contribution >= 0.6 is 12.2 Å². The Morgan fingerprint density at radius 2 is 1.71 bits per heavy atom. The van der Waals surface area contributed by atoms with Gasteiger partial charge in [-0.15, -0.1) is 0 Å². The first-order valence-corrected chi connectivity index (χ1v) is 2.34. The molecule has 0 aromatic rings. The molecule has 0 rings (SSSR count). The molecule has 0 saturated heterocycles. The first-order chi connectivity index (χ1) is 2.64. The van der Waals surface area contributed by atoms with E-state index in [1.165, 1.54) is 0 Å². The third kappa shape index (κ3) is 6.63. The van der Waals surface area contributed by atoms with Crippen LogP contribution in [0.3, 0.4) is 0 Å². The normalized spacial score (nSPS) is 6.57. The minimum Gasteiger partial charge on any atom is -0.411 e. The first-order valence-electron chi connectivity index (χ1n) is 1.53. The number of rotatable bonds is 0. The van der Waals surface area contributed by atoms with E-state index in [2.05, 4.69) is 24.8 Å². The Morgan fingerprint density at radius 3 is 1.71 bits per heavy atom. The van der Waals surface area contributed by atoms with Crippen LogP contribution in [0, 0.1) is 0 Å². The van der Waals surface area contributed by atoms with Crippen LogP contribution in [0.1, 0.15) is 0 Å². The summed E-state index contributed by atoms with van der Waals surface area (Å²) < 4.78 is 0.509. The maximum absolute atomic E-state index is 4.56.